The zero-order valence-electron chi connectivity index (χ0n) is 10.7. The van der Waals surface area contributed by atoms with E-state index in [0.29, 0.717) is 5.69 Å². The number of likely N-dealkylation sites (N-methyl/N-ethyl adjacent to an activating group) is 1. The van der Waals surface area contributed by atoms with Gasteiger partial charge in [-0.15, -0.1) is 11.3 Å². The van der Waals surface area contributed by atoms with E-state index in [9.17, 15) is 14.4 Å². The maximum absolute atomic E-state index is 11.8. The smallest absolute Gasteiger partial charge is 0.242 e. The third-order valence-corrected chi connectivity index (χ3v) is 3.13. The van der Waals surface area contributed by atoms with Crippen molar-refractivity contribution in [3.63, 3.8) is 0 Å². The molecule has 1 aromatic rings. The fraction of sp³-hybridized carbons (Fsp3) is 0.455. The molecule has 0 unspecified atom stereocenters. The van der Waals surface area contributed by atoms with Crippen molar-refractivity contribution in [2.24, 2.45) is 5.73 Å². The molecule has 4 N–H and O–H groups in total. The average molecular weight is 284 g/mol. The Balaban J connectivity index is 2.60. The molecular weight excluding hydrogens is 268 g/mol. The number of carbonyl (C=O) groups excluding carboxylic acids is 3. The van der Waals surface area contributed by atoms with Gasteiger partial charge in [0.25, 0.3) is 0 Å². The van der Waals surface area contributed by atoms with Gasteiger partial charge in [-0.3, -0.25) is 14.4 Å². The number of nitrogens with zero attached hydrogens (tertiary/aromatic N) is 1. The maximum atomic E-state index is 11.8. The predicted molar refractivity (Wildman–Crippen MR) is 70.4 cm³/mol. The average Bonchev–Trinajstić information content (AvgIpc) is 2.72. The normalized spacial score (nSPS) is 11.7. The van der Waals surface area contributed by atoms with E-state index in [-0.39, 0.29) is 18.7 Å². The monoisotopic (exact) mass is 284 g/mol. The number of rotatable bonds is 6. The highest BCUT2D eigenvalue weighted by molar-refractivity contribution is 7.09. The van der Waals surface area contributed by atoms with Gasteiger partial charge in [-0.1, -0.05) is 0 Å². The lowest BCUT2D eigenvalue weighted by atomic mass is 10.1. The molecule has 0 spiro atoms. The van der Waals surface area contributed by atoms with Gasteiger partial charge in [0, 0.05) is 12.4 Å². The molecule has 7 nitrogen and oxygen atoms in total. The maximum Gasteiger partial charge on any atom is 0.242 e. The van der Waals surface area contributed by atoms with Crippen molar-refractivity contribution in [3.05, 3.63) is 16.1 Å². The van der Waals surface area contributed by atoms with Gasteiger partial charge in [0.2, 0.25) is 17.7 Å². The summed E-state index contributed by atoms with van der Waals surface area (Å²) in [5.74, 6) is -1.49. The minimum atomic E-state index is -0.949. The summed E-state index contributed by atoms with van der Waals surface area (Å²) in [4.78, 5) is 38.3. The Hall–Kier alpha value is -1.96. The van der Waals surface area contributed by atoms with Gasteiger partial charge in [-0.25, -0.2) is 4.98 Å². The number of nitrogens with two attached hydrogens (primary N) is 1. The van der Waals surface area contributed by atoms with Gasteiger partial charge < -0.3 is 16.4 Å². The van der Waals surface area contributed by atoms with Crippen molar-refractivity contribution in [1.29, 1.82) is 0 Å². The Labute approximate surface area is 114 Å². The van der Waals surface area contributed by atoms with Crippen LogP contribution in [0.5, 0.6) is 0 Å². The summed E-state index contributed by atoms with van der Waals surface area (Å²) in [7, 11) is 1.42. The van der Waals surface area contributed by atoms with Crippen LogP contribution in [0.1, 0.15) is 17.1 Å². The first-order chi connectivity index (χ1) is 8.92. The summed E-state index contributed by atoms with van der Waals surface area (Å²) in [5.41, 5.74) is 5.67. The zero-order valence-corrected chi connectivity index (χ0v) is 11.5. The van der Waals surface area contributed by atoms with Crippen LogP contribution in [-0.4, -0.2) is 35.8 Å². The van der Waals surface area contributed by atoms with Crippen LogP contribution in [0.15, 0.2) is 5.38 Å². The Kier molecular flexibility index (Phi) is 5.43. The molecule has 0 saturated carbocycles. The molecule has 0 aliphatic carbocycles. The van der Waals surface area contributed by atoms with Gasteiger partial charge in [-0.05, 0) is 6.92 Å². The molecule has 0 aliphatic rings. The molecule has 1 heterocycles. The van der Waals surface area contributed by atoms with E-state index in [0.717, 1.165) is 5.01 Å². The molecule has 0 fully saturated rings. The molecule has 8 heteroatoms. The van der Waals surface area contributed by atoms with E-state index in [1.165, 1.54) is 18.4 Å². The standard InChI is InChI=1S/C11H16N4O3S/c1-6-14-7(5-19-6)3-10(17)15-8(4-9(12)16)11(18)13-2/h5,8H,3-4H2,1-2H3,(H2,12,16)(H,13,18)(H,15,17)/t8-/m0/s1. The number of carbonyl (C=O) groups is 3. The highest BCUT2D eigenvalue weighted by Crippen LogP contribution is 2.08. The third kappa shape index (κ3) is 5.04. The Morgan fingerprint density at radius 1 is 1.47 bits per heavy atom. The molecule has 0 aromatic carbocycles. The van der Waals surface area contributed by atoms with Gasteiger partial charge in [0.15, 0.2) is 0 Å². The van der Waals surface area contributed by atoms with Crippen LogP contribution >= 0.6 is 11.3 Å². The Morgan fingerprint density at radius 3 is 2.63 bits per heavy atom. The van der Waals surface area contributed by atoms with Crippen LogP contribution in [0.2, 0.25) is 0 Å². The van der Waals surface area contributed by atoms with Crippen LogP contribution in [0.3, 0.4) is 0 Å². The molecule has 1 rings (SSSR count). The summed E-state index contributed by atoms with van der Waals surface area (Å²) in [6.45, 7) is 1.84. The van der Waals surface area contributed by atoms with Crippen molar-refractivity contribution in [2.45, 2.75) is 25.8 Å². The molecule has 1 aromatic heterocycles. The summed E-state index contributed by atoms with van der Waals surface area (Å²) >= 11 is 1.44. The molecule has 3 amide bonds. The minimum Gasteiger partial charge on any atom is -0.370 e. The quantitative estimate of drug-likeness (QED) is 0.628. The summed E-state index contributed by atoms with van der Waals surface area (Å²) in [6, 6.07) is -0.949. The van der Waals surface area contributed by atoms with Crippen LogP contribution in [0.4, 0.5) is 0 Å². The number of hydrogen-bond donors (Lipinski definition) is 3. The van der Waals surface area contributed by atoms with Gasteiger partial charge in [-0.2, -0.15) is 0 Å². The van der Waals surface area contributed by atoms with Crippen molar-refractivity contribution < 1.29 is 14.4 Å². The second-order valence-corrected chi connectivity index (χ2v) is 5.00. The molecule has 0 saturated heterocycles. The highest BCUT2D eigenvalue weighted by Gasteiger charge is 2.22. The fourth-order valence-corrected chi connectivity index (χ4v) is 2.10. The second-order valence-electron chi connectivity index (χ2n) is 3.94. The van der Waals surface area contributed by atoms with Gasteiger partial charge in [0.05, 0.1) is 23.5 Å². The third-order valence-electron chi connectivity index (χ3n) is 2.31. The SMILES string of the molecule is CNC(=O)[C@H](CC(N)=O)NC(=O)Cc1csc(C)n1. The van der Waals surface area contributed by atoms with E-state index >= 15 is 0 Å². The lowest BCUT2D eigenvalue weighted by Gasteiger charge is -2.15. The number of primary amides is 1. The lowest BCUT2D eigenvalue weighted by molar-refractivity contribution is -0.130. The molecule has 0 radical (unpaired) electrons. The number of hydrogen-bond acceptors (Lipinski definition) is 5. The zero-order chi connectivity index (χ0) is 14.4. The van der Waals surface area contributed by atoms with E-state index in [4.69, 9.17) is 5.73 Å². The largest absolute Gasteiger partial charge is 0.370 e. The fourth-order valence-electron chi connectivity index (χ4n) is 1.48. The van der Waals surface area contributed by atoms with Crippen LogP contribution in [0.25, 0.3) is 0 Å². The number of nitrogens with one attached hydrogen (secondary N) is 2. The van der Waals surface area contributed by atoms with Crippen LogP contribution in [0, 0.1) is 6.92 Å². The van der Waals surface area contributed by atoms with Crippen LogP contribution in [-0.2, 0) is 20.8 Å². The minimum absolute atomic E-state index is 0.0661. The second kappa shape index (κ2) is 6.83. The van der Waals surface area contributed by atoms with Gasteiger partial charge in [0.1, 0.15) is 6.04 Å². The number of aryl methyl sites for hydroxylation is 1. The molecular formula is C11H16N4O3S. The first-order valence-electron chi connectivity index (χ1n) is 5.62. The van der Waals surface area contributed by atoms with E-state index in [1.54, 1.807) is 5.38 Å². The van der Waals surface area contributed by atoms with E-state index < -0.39 is 17.9 Å². The van der Waals surface area contributed by atoms with E-state index in [2.05, 4.69) is 15.6 Å². The molecule has 0 aliphatic heterocycles. The Morgan fingerprint density at radius 2 is 2.16 bits per heavy atom. The van der Waals surface area contributed by atoms with Crippen molar-refractivity contribution in [2.75, 3.05) is 7.05 Å². The first kappa shape index (κ1) is 15.1. The summed E-state index contributed by atoms with van der Waals surface area (Å²) in [5, 5.41) is 7.48. The number of aromatic nitrogens is 1. The molecule has 19 heavy (non-hydrogen) atoms. The molecule has 1 atom stereocenters. The number of amides is 3. The van der Waals surface area contributed by atoms with Crippen molar-refractivity contribution in [3.8, 4) is 0 Å². The lowest BCUT2D eigenvalue weighted by Crippen LogP contribution is -2.48. The first-order valence-corrected chi connectivity index (χ1v) is 6.50. The topological polar surface area (TPSA) is 114 Å². The number of thiazole rings is 1. The summed E-state index contributed by atoms with van der Waals surface area (Å²) < 4.78 is 0. The molecule has 0 bridgehead atoms. The Bertz CT molecular complexity index is 486. The molecule has 104 valence electrons. The van der Waals surface area contributed by atoms with Crippen molar-refractivity contribution >= 4 is 29.1 Å². The van der Waals surface area contributed by atoms with Crippen LogP contribution < -0.4 is 16.4 Å². The van der Waals surface area contributed by atoms with Gasteiger partial charge >= 0.3 is 0 Å². The van der Waals surface area contributed by atoms with E-state index in [1.807, 2.05) is 6.92 Å². The van der Waals surface area contributed by atoms with Crippen molar-refractivity contribution in [1.82, 2.24) is 15.6 Å². The highest BCUT2D eigenvalue weighted by atomic mass is 32.1. The predicted octanol–water partition coefficient (Wildman–Crippen LogP) is -0.900. The summed E-state index contributed by atoms with van der Waals surface area (Å²) in [6.07, 6.45) is -0.169.